The van der Waals surface area contributed by atoms with Crippen LogP contribution in [0.4, 0.5) is 4.39 Å². The minimum absolute atomic E-state index is 0.103. The van der Waals surface area contributed by atoms with Gasteiger partial charge >= 0.3 is 0 Å². The van der Waals surface area contributed by atoms with E-state index in [4.69, 9.17) is 5.73 Å². The SMILES string of the molecule is CCc1cc2cc(F)ccc2n1C[C@H](C)N. The average Bonchev–Trinajstić information content (AvgIpc) is 2.55. The van der Waals surface area contributed by atoms with Gasteiger partial charge in [-0.3, -0.25) is 0 Å². The van der Waals surface area contributed by atoms with Crippen molar-refractivity contribution in [2.75, 3.05) is 0 Å². The third-order valence-corrected chi connectivity index (χ3v) is 2.78. The first-order chi connectivity index (χ1) is 7.61. The Bertz CT molecular complexity index is 500. The zero-order valence-corrected chi connectivity index (χ0v) is 9.70. The number of hydrogen-bond acceptors (Lipinski definition) is 1. The molecular weight excluding hydrogens is 203 g/mol. The van der Waals surface area contributed by atoms with Crippen LogP contribution in [0, 0.1) is 5.82 Å². The monoisotopic (exact) mass is 220 g/mol. The van der Waals surface area contributed by atoms with Crippen LogP contribution in [0.15, 0.2) is 24.3 Å². The molecule has 1 heterocycles. The molecule has 16 heavy (non-hydrogen) atoms. The van der Waals surface area contributed by atoms with Gasteiger partial charge in [0.25, 0.3) is 0 Å². The minimum atomic E-state index is -0.187. The van der Waals surface area contributed by atoms with Crippen LogP contribution in [0.25, 0.3) is 10.9 Å². The number of nitrogens with two attached hydrogens (primary N) is 1. The molecule has 0 radical (unpaired) electrons. The molecule has 0 aliphatic heterocycles. The van der Waals surface area contributed by atoms with Crippen molar-refractivity contribution in [3.63, 3.8) is 0 Å². The molecule has 0 saturated carbocycles. The van der Waals surface area contributed by atoms with Crippen LogP contribution in [0.3, 0.4) is 0 Å². The van der Waals surface area contributed by atoms with Crippen LogP contribution in [-0.2, 0) is 13.0 Å². The number of halogens is 1. The Morgan fingerprint density at radius 2 is 2.12 bits per heavy atom. The van der Waals surface area contributed by atoms with Crippen LogP contribution in [0.1, 0.15) is 19.5 Å². The lowest BCUT2D eigenvalue weighted by Crippen LogP contribution is -2.22. The van der Waals surface area contributed by atoms with Gasteiger partial charge in [0.15, 0.2) is 0 Å². The molecule has 0 fully saturated rings. The van der Waals surface area contributed by atoms with Crippen LogP contribution in [0.2, 0.25) is 0 Å². The number of rotatable bonds is 3. The average molecular weight is 220 g/mol. The molecule has 2 N–H and O–H groups in total. The molecule has 0 saturated heterocycles. The van der Waals surface area contributed by atoms with Crippen LogP contribution in [-0.4, -0.2) is 10.6 Å². The van der Waals surface area contributed by atoms with Crippen LogP contribution < -0.4 is 5.73 Å². The van der Waals surface area contributed by atoms with E-state index in [2.05, 4.69) is 11.5 Å². The van der Waals surface area contributed by atoms with Crippen molar-refractivity contribution in [2.45, 2.75) is 32.9 Å². The second-order valence-corrected chi connectivity index (χ2v) is 4.28. The molecule has 1 atom stereocenters. The number of aryl methyl sites for hydroxylation is 1. The van der Waals surface area contributed by atoms with Gasteiger partial charge in [-0.25, -0.2) is 4.39 Å². The summed E-state index contributed by atoms with van der Waals surface area (Å²) in [4.78, 5) is 0. The second-order valence-electron chi connectivity index (χ2n) is 4.28. The maximum Gasteiger partial charge on any atom is 0.123 e. The summed E-state index contributed by atoms with van der Waals surface area (Å²) in [6.07, 6.45) is 0.934. The largest absolute Gasteiger partial charge is 0.343 e. The Balaban J connectivity index is 2.59. The van der Waals surface area contributed by atoms with Crippen molar-refractivity contribution in [3.8, 4) is 0 Å². The number of aromatic nitrogens is 1. The predicted octanol–water partition coefficient (Wildman–Crippen LogP) is 2.69. The fourth-order valence-electron chi connectivity index (χ4n) is 2.10. The highest BCUT2D eigenvalue weighted by atomic mass is 19.1. The van der Waals surface area contributed by atoms with Gasteiger partial charge in [-0.05, 0) is 37.6 Å². The number of hydrogen-bond donors (Lipinski definition) is 1. The van der Waals surface area contributed by atoms with Gasteiger partial charge < -0.3 is 10.3 Å². The molecule has 0 aliphatic carbocycles. The smallest absolute Gasteiger partial charge is 0.123 e. The lowest BCUT2D eigenvalue weighted by molar-refractivity contribution is 0.587. The fraction of sp³-hybridized carbons (Fsp3) is 0.385. The third-order valence-electron chi connectivity index (χ3n) is 2.78. The van der Waals surface area contributed by atoms with Crippen molar-refractivity contribution in [2.24, 2.45) is 5.73 Å². The second kappa shape index (κ2) is 4.26. The van der Waals surface area contributed by atoms with E-state index in [-0.39, 0.29) is 11.9 Å². The van der Waals surface area contributed by atoms with Gasteiger partial charge in [-0.2, -0.15) is 0 Å². The summed E-state index contributed by atoms with van der Waals surface area (Å²) in [5.41, 5.74) is 8.10. The summed E-state index contributed by atoms with van der Waals surface area (Å²) in [6.45, 7) is 4.86. The van der Waals surface area contributed by atoms with Gasteiger partial charge in [-0.15, -0.1) is 0 Å². The van der Waals surface area contributed by atoms with Crippen molar-refractivity contribution in [1.82, 2.24) is 4.57 Å². The molecule has 0 spiro atoms. The van der Waals surface area contributed by atoms with E-state index in [9.17, 15) is 4.39 Å². The highest BCUT2D eigenvalue weighted by molar-refractivity contribution is 5.81. The quantitative estimate of drug-likeness (QED) is 0.847. The molecule has 1 aromatic carbocycles. The Morgan fingerprint density at radius 1 is 1.38 bits per heavy atom. The number of fused-ring (bicyclic) bond motifs is 1. The maximum absolute atomic E-state index is 13.1. The van der Waals surface area contributed by atoms with E-state index in [1.807, 2.05) is 19.1 Å². The highest BCUT2D eigenvalue weighted by Gasteiger charge is 2.09. The zero-order valence-electron chi connectivity index (χ0n) is 9.70. The first-order valence-electron chi connectivity index (χ1n) is 5.65. The van der Waals surface area contributed by atoms with Crippen molar-refractivity contribution < 1.29 is 4.39 Å². The summed E-state index contributed by atoms with van der Waals surface area (Å²) < 4.78 is 15.3. The molecule has 0 bridgehead atoms. The Labute approximate surface area is 94.9 Å². The van der Waals surface area contributed by atoms with E-state index >= 15 is 0 Å². The normalized spacial score (nSPS) is 13.2. The van der Waals surface area contributed by atoms with Gasteiger partial charge in [0.1, 0.15) is 5.82 Å². The van der Waals surface area contributed by atoms with Gasteiger partial charge in [-0.1, -0.05) is 6.92 Å². The fourth-order valence-corrected chi connectivity index (χ4v) is 2.10. The zero-order chi connectivity index (χ0) is 11.7. The summed E-state index contributed by atoms with van der Waals surface area (Å²) in [5, 5.41) is 0.956. The molecule has 0 aliphatic rings. The minimum Gasteiger partial charge on any atom is -0.343 e. The predicted molar refractivity (Wildman–Crippen MR) is 64.9 cm³/mol. The summed E-state index contributed by atoms with van der Waals surface area (Å²) in [6, 6.07) is 7.05. The Morgan fingerprint density at radius 3 is 2.75 bits per heavy atom. The van der Waals surface area contributed by atoms with Gasteiger partial charge in [0.2, 0.25) is 0 Å². The number of nitrogens with zero attached hydrogens (tertiary/aromatic N) is 1. The van der Waals surface area contributed by atoms with E-state index < -0.39 is 0 Å². The maximum atomic E-state index is 13.1. The summed E-state index contributed by atoms with van der Waals surface area (Å²) >= 11 is 0. The first-order valence-corrected chi connectivity index (χ1v) is 5.65. The van der Waals surface area contributed by atoms with E-state index in [0.29, 0.717) is 0 Å². The van der Waals surface area contributed by atoms with E-state index in [1.165, 1.54) is 11.8 Å². The summed E-state index contributed by atoms with van der Waals surface area (Å²) in [5.74, 6) is -0.187. The number of benzene rings is 1. The van der Waals surface area contributed by atoms with Crippen molar-refractivity contribution in [1.29, 1.82) is 0 Å². The Kier molecular flexibility index (Phi) is 2.97. The van der Waals surface area contributed by atoms with Crippen molar-refractivity contribution >= 4 is 10.9 Å². The van der Waals surface area contributed by atoms with Crippen LogP contribution in [0.5, 0.6) is 0 Å². The van der Waals surface area contributed by atoms with E-state index in [1.54, 1.807) is 6.07 Å². The third kappa shape index (κ3) is 1.95. The lowest BCUT2D eigenvalue weighted by atomic mass is 10.2. The Hall–Kier alpha value is -1.35. The molecule has 0 amide bonds. The summed E-state index contributed by atoms with van der Waals surface area (Å²) in [7, 11) is 0. The molecule has 2 nitrogen and oxygen atoms in total. The highest BCUT2D eigenvalue weighted by Crippen LogP contribution is 2.21. The molecule has 86 valence electrons. The van der Waals surface area contributed by atoms with Gasteiger partial charge in [0.05, 0.1) is 0 Å². The lowest BCUT2D eigenvalue weighted by Gasteiger charge is -2.12. The first kappa shape index (κ1) is 11.1. The van der Waals surface area contributed by atoms with Crippen molar-refractivity contribution in [3.05, 3.63) is 35.8 Å². The van der Waals surface area contributed by atoms with E-state index in [0.717, 1.165) is 23.9 Å². The molecule has 1 aromatic heterocycles. The standard InChI is InChI=1S/C13H17FN2/c1-3-12-7-10-6-11(14)4-5-13(10)16(12)8-9(2)15/h4-7,9H,3,8,15H2,1-2H3/t9-/m0/s1. The topological polar surface area (TPSA) is 30.9 Å². The molecule has 0 unspecified atom stereocenters. The van der Waals surface area contributed by atoms with Crippen LogP contribution >= 0.6 is 0 Å². The molecule has 2 rings (SSSR count). The molecular formula is C13H17FN2. The van der Waals surface area contributed by atoms with Gasteiger partial charge in [0, 0.05) is 29.2 Å². The molecule has 2 aromatic rings. The molecule has 3 heteroatoms.